The molecule has 3 nitrogen and oxygen atoms in total. The van der Waals surface area contributed by atoms with E-state index < -0.39 is 0 Å². The van der Waals surface area contributed by atoms with Gasteiger partial charge in [0.05, 0.1) is 0 Å². The predicted octanol–water partition coefficient (Wildman–Crippen LogP) is 2.45. The Balaban J connectivity index is 1.85. The minimum Gasteiger partial charge on any atom is -0.508 e. The smallest absolute Gasteiger partial charge is 0.120 e. The minimum absolute atomic E-state index is 0.398. The number of nitrogens with one attached hydrogen (secondary N) is 1. The maximum Gasteiger partial charge on any atom is 0.120 e. The van der Waals surface area contributed by atoms with Crippen LogP contribution < -0.4 is 5.32 Å². The molecule has 2 fully saturated rings. The number of piperazine rings is 1. The van der Waals surface area contributed by atoms with Crippen LogP contribution in [-0.4, -0.2) is 36.2 Å². The zero-order chi connectivity index (χ0) is 13.2. The van der Waals surface area contributed by atoms with Gasteiger partial charge in [-0.25, -0.2) is 0 Å². The van der Waals surface area contributed by atoms with Crippen molar-refractivity contribution in [2.45, 2.75) is 32.2 Å². The standard InChI is InChI=1S/C16H24N2O/c1-12-2-5-16(19)14(10-12)15(11-13-3-4-13)18-8-6-17-7-9-18/h2,5,10,13,15,17,19H,3-4,6-9,11H2,1H3/t15-/m0/s1. The third-order valence-electron chi connectivity index (χ3n) is 4.39. The number of hydrogen-bond acceptors (Lipinski definition) is 3. The van der Waals surface area contributed by atoms with Crippen molar-refractivity contribution in [3.63, 3.8) is 0 Å². The lowest BCUT2D eigenvalue weighted by Gasteiger charge is -2.35. The van der Waals surface area contributed by atoms with Crippen LogP contribution in [-0.2, 0) is 0 Å². The van der Waals surface area contributed by atoms with Crippen LogP contribution in [0.3, 0.4) is 0 Å². The fourth-order valence-electron chi connectivity index (χ4n) is 3.08. The Labute approximate surface area is 115 Å². The summed E-state index contributed by atoms with van der Waals surface area (Å²) >= 11 is 0. The Morgan fingerprint density at radius 3 is 2.74 bits per heavy atom. The zero-order valence-corrected chi connectivity index (χ0v) is 11.7. The lowest BCUT2D eigenvalue weighted by molar-refractivity contribution is 0.158. The third kappa shape index (κ3) is 3.10. The summed E-state index contributed by atoms with van der Waals surface area (Å²) in [6, 6.07) is 6.41. The molecule has 2 aliphatic rings. The highest BCUT2D eigenvalue weighted by atomic mass is 16.3. The van der Waals surface area contributed by atoms with Crippen LogP contribution in [0.4, 0.5) is 0 Å². The van der Waals surface area contributed by atoms with Crippen LogP contribution in [0.5, 0.6) is 5.75 Å². The first-order valence-electron chi connectivity index (χ1n) is 7.48. The summed E-state index contributed by atoms with van der Waals surface area (Å²) in [5.41, 5.74) is 2.37. The molecule has 1 saturated heterocycles. The highest BCUT2D eigenvalue weighted by Crippen LogP contribution is 2.42. The van der Waals surface area contributed by atoms with E-state index in [1.54, 1.807) is 0 Å². The van der Waals surface area contributed by atoms with Crippen molar-refractivity contribution in [2.24, 2.45) is 5.92 Å². The maximum absolute atomic E-state index is 10.2. The van der Waals surface area contributed by atoms with E-state index in [2.05, 4.69) is 23.2 Å². The molecule has 0 unspecified atom stereocenters. The van der Waals surface area contributed by atoms with Crippen molar-refractivity contribution in [2.75, 3.05) is 26.2 Å². The summed E-state index contributed by atoms with van der Waals surface area (Å²) in [4.78, 5) is 2.54. The Morgan fingerprint density at radius 2 is 2.05 bits per heavy atom. The molecule has 0 radical (unpaired) electrons. The molecule has 104 valence electrons. The Hall–Kier alpha value is -1.06. The number of rotatable bonds is 4. The van der Waals surface area contributed by atoms with E-state index >= 15 is 0 Å². The molecule has 1 aromatic rings. The number of phenolic OH excluding ortho intramolecular Hbond substituents is 1. The van der Waals surface area contributed by atoms with Gasteiger partial charge in [-0.3, -0.25) is 4.90 Å². The van der Waals surface area contributed by atoms with Gasteiger partial charge in [0.25, 0.3) is 0 Å². The second-order valence-corrected chi connectivity index (χ2v) is 6.04. The maximum atomic E-state index is 10.2. The average Bonchev–Trinajstić information content (AvgIpc) is 3.24. The normalized spacial score (nSPS) is 22.4. The lowest BCUT2D eigenvalue weighted by atomic mass is 9.96. The van der Waals surface area contributed by atoms with Crippen molar-refractivity contribution in [1.29, 1.82) is 0 Å². The molecule has 1 atom stereocenters. The van der Waals surface area contributed by atoms with Crippen molar-refractivity contribution >= 4 is 0 Å². The highest BCUT2D eigenvalue weighted by molar-refractivity contribution is 5.38. The molecule has 3 rings (SSSR count). The number of nitrogens with zero attached hydrogens (tertiary/aromatic N) is 1. The topological polar surface area (TPSA) is 35.5 Å². The van der Waals surface area contributed by atoms with Gasteiger partial charge in [0, 0.05) is 37.8 Å². The first kappa shape index (κ1) is 12.9. The van der Waals surface area contributed by atoms with Crippen LogP contribution in [0.1, 0.15) is 36.4 Å². The first-order chi connectivity index (χ1) is 9.24. The zero-order valence-electron chi connectivity index (χ0n) is 11.7. The molecule has 0 amide bonds. The van der Waals surface area contributed by atoms with Crippen LogP contribution in [0.2, 0.25) is 0 Å². The van der Waals surface area contributed by atoms with Crippen molar-refractivity contribution in [1.82, 2.24) is 10.2 Å². The molecule has 3 heteroatoms. The van der Waals surface area contributed by atoms with E-state index in [9.17, 15) is 5.11 Å². The van der Waals surface area contributed by atoms with Crippen LogP contribution in [0.15, 0.2) is 18.2 Å². The van der Waals surface area contributed by atoms with Gasteiger partial charge in [-0.05, 0) is 25.3 Å². The quantitative estimate of drug-likeness (QED) is 0.873. The van der Waals surface area contributed by atoms with Gasteiger partial charge in [0.1, 0.15) is 5.75 Å². The molecule has 1 aliphatic heterocycles. The molecule has 0 bridgehead atoms. The van der Waals surface area contributed by atoms with E-state index in [0.717, 1.165) is 37.7 Å². The molecule has 1 saturated carbocycles. The van der Waals surface area contributed by atoms with Crippen LogP contribution >= 0.6 is 0 Å². The number of aromatic hydroxyl groups is 1. The Morgan fingerprint density at radius 1 is 1.32 bits per heavy atom. The first-order valence-corrected chi connectivity index (χ1v) is 7.48. The van der Waals surface area contributed by atoms with Crippen molar-refractivity contribution in [3.05, 3.63) is 29.3 Å². The van der Waals surface area contributed by atoms with Gasteiger partial charge in [-0.15, -0.1) is 0 Å². The number of hydrogen-bond donors (Lipinski definition) is 2. The largest absolute Gasteiger partial charge is 0.508 e. The predicted molar refractivity (Wildman–Crippen MR) is 77.4 cm³/mol. The molecule has 2 N–H and O–H groups in total. The molecule has 1 aliphatic carbocycles. The summed E-state index contributed by atoms with van der Waals surface area (Å²) in [5, 5.41) is 13.6. The monoisotopic (exact) mass is 260 g/mol. The molecule has 0 spiro atoms. The molecule has 1 heterocycles. The van der Waals surface area contributed by atoms with E-state index in [1.165, 1.54) is 24.8 Å². The fraction of sp³-hybridized carbons (Fsp3) is 0.625. The van der Waals surface area contributed by atoms with E-state index in [1.807, 2.05) is 12.1 Å². The van der Waals surface area contributed by atoms with Crippen molar-refractivity contribution < 1.29 is 5.11 Å². The second kappa shape index (κ2) is 5.51. The minimum atomic E-state index is 0.398. The SMILES string of the molecule is Cc1ccc(O)c([C@H](CC2CC2)N2CCNCC2)c1. The summed E-state index contributed by atoms with van der Waals surface area (Å²) in [7, 11) is 0. The third-order valence-corrected chi connectivity index (χ3v) is 4.39. The molecular formula is C16H24N2O. The van der Waals surface area contributed by atoms with Crippen molar-refractivity contribution in [3.8, 4) is 5.75 Å². The van der Waals surface area contributed by atoms with Gasteiger partial charge < -0.3 is 10.4 Å². The van der Waals surface area contributed by atoms with Crippen LogP contribution in [0.25, 0.3) is 0 Å². The van der Waals surface area contributed by atoms with Gasteiger partial charge in [0.2, 0.25) is 0 Å². The molecule has 1 aromatic carbocycles. The number of benzene rings is 1. The van der Waals surface area contributed by atoms with Gasteiger partial charge in [0.15, 0.2) is 0 Å². The van der Waals surface area contributed by atoms with E-state index in [0.29, 0.717) is 11.8 Å². The summed E-state index contributed by atoms with van der Waals surface area (Å²) in [6.07, 6.45) is 3.95. The van der Waals surface area contributed by atoms with Crippen LogP contribution in [0, 0.1) is 12.8 Å². The molecule has 0 aromatic heterocycles. The Bertz CT molecular complexity index is 436. The summed E-state index contributed by atoms with van der Waals surface area (Å²) in [5.74, 6) is 1.34. The van der Waals surface area contributed by atoms with Gasteiger partial charge in [-0.2, -0.15) is 0 Å². The second-order valence-electron chi connectivity index (χ2n) is 6.04. The molecular weight excluding hydrogens is 236 g/mol. The highest BCUT2D eigenvalue weighted by Gasteiger charge is 2.31. The van der Waals surface area contributed by atoms with E-state index in [4.69, 9.17) is 0 Å². The molecule has 19 heavy (non-hydrogen) atoms. The van der Waals surface area contributed by atoms with E-state index in [-0.39, 0.29) is 0 Å². The summed E-state index contributed by atoms with van der Waals surface area (Å²) in [6.45, 7) is 6.41. The lowest BCUT2D eigenvalue weighted by Crippen LogP contribution is -2.45. The van der Waals surface area contributed by atoms with Gasteiger partial charge >= 0.3 is 0 Å². The summed E-state index contributed by atoms with van der Waals surface area (Å²) < 4.78 is 0. The fourth-order valence-corrected chi connectivity index (χ4v) is 3.08. The average molecular weight is 260 g/mol. The number of aryl methyl sites for hydroxylation is 1. The Kier molecular flexibility index (Phi) is 3.76. The number of phenols is 1. The van der Waals surface area contributed by atoms with Gasteiger partial charge in [-0.1, -0.05) is 30.5 Å².